The lowest BCUT2D eigenvalue weighted by atomic mass is 9.99. The van der Waals surface area contributed by atoms with Crippen LogP contribution < -0.4 is 5.32 Å². The Kier molecular flexibility index (Phi) is 6.89. The summed E-state index contributed by atoms with van der Waals surface area (Å²) >= 11 is 0. The fraction of sp³-hybridized carbons (Fsp3) is 0.955. The van der Waals surface area contributed by atoms with Crippen LogP contribution in [0.4, 0.5) is 4.79 Å². The first-order valence-electron chi connectivity index (χ1n) is 11.5. The molecule has 3 aliphatic heterocycles. The average Bonchev–Trinajstić information content (AvgIpc) is 3.10. The van der Waals surface area contributed by atoms with E-state index in [1.165, 1.54) is 0 Å². The number of carbonyl (C=O) groups excluding carboxylic acids is 1. The Balaban J connectivity index is 1.70. The number of carbonyl (C=O) groups is 1. The van der Waals surface area contributed by atoms with Crippen LogP contribution in [0.5, 0.6) is 0 Å². The van der Waals surface area contributed by atoms with Crippen LogP contribution in [-0.4, -0.2) is 63.2 Å². The maximum Gasteiger partial charge on any atom is 0.393 e. The van der Waals surface area contributed by atoms with Gasteiger partial charge in [-0.25, -0.2) is 4.79 Å². The summed E-state index contributed by atoms with van der Waals surface area (Å²) in [6.45, 7) is 20.6. The minimum Gasteiger partial charge on any atom is -0.503 e. The van der Waals surface area contributed by atoms with Crippen molar-refractivity contribution in [1.29, 1.82) is 0 Å². The molecule has 0 spiro atoms. The molecule has 3 saturated heterocycles. The third-order valence-corrected chi connectivity index (χ3v) is 12.6. The molecular weight excluding hydrogens is 418 g/mol. The van der Waals surface area contributed by atoms with Crippen LogP contribution in [0.15, 0.2) is 0 Å². The molecular formula is C22H41NO7Si. The maximum absolute atomic E-state index is 12.9. The minimum atomic E-state index is -2.32. The third kappa shape index (κ3) is 4.82. The molecule has 3 fully saturated rings. The number of hydrogen-bond donors (Lipinski definition) is 1. The van der Waals surface area contributed by atoms with Crippen LogP contribution in [-0.2, 0) is 28.1 Å². The quantitative estimate of drug-likeness (QED) is 0.593. The lowest BCUT2D eigenvalue weighted by Crippen LogP contribution is -2.58. The average molecular weight is 460 g/mol. The highest BCUT2D eigenvalue weighted by molar-refractivity contribution is 6.78. The smallest absolute Gasteiger partial charge is 0.393 e. The monoisotopic (exact) mass is 459 g/mol. The molecule has 3 heterocycles. The fourth-order valence-corrected chi connectivity index (χ4v) is 10.7. The SMILES string of the molecule is CC(C)[Si](OC(=O)NC[C@H]1O[C@@H]2OC(C)(C)O[C@@H]2[C@H]2OC(C)(C)O[C@H]21)(C(C)C)C(C)C. The number of rotatable bonds is 6. The topological polar surface area (TPSA) is 84.5 Å². The van der Waals surface area contributed by atoms with Gasteiger partial charge in [-0.2, -0.15) is 0 Å². The molecule has 0 bridgehead atoms. The zero-order valence-electron chi connectivity index (χ0n) is 20.7. The van der Waals surface area contributed by atoms with Gasteiger partial charge in [0.1, 0.15) is 24.4 Å². The van der Waals surface area contributed by atoms with Gasteiger partial charge in [0.2, 0.25) is 0 Å². The van der Waals surface area contributed by atoms with Crippen molar-refractivity contribution in [3.8, 4) is 0 Å². The number of fused-ring (bicyclic) bond motifs is 3. The molecule has 0 aliphatic carbocycles. The molecule has 1 amide bonds. The Morgan fingerprint density at radius 3 is 1.87 bits per heavy atom. The van der Waals surface area contributed by atoms with Gasteiger partial charge in [0.05, 0.1) is 0 Å². The van der Waals surface area contributed by atoms with Crippen molar-refractivity contribution in [2.75, 3.05) is 6.54 Å². The Hall–Kier alpha value is -0.713. The zero-order valence-corrected chi connectivity index (χ0v) is 21.7. The standard InChI is InChI=1S/C22H41NO7Si/c1-12(2)31(13(3)4,14(5)6)30-20(24)23-11-15-16-17(27-21(7,8)26-16)18-19(25-15)29-22(9,10)28-18/h12-19H,11H2,1-10H3,(H,23,24)/t15-,16+,17+,18-,19-/m1/s1. The van der Waals surface area contributed by atoms with Gasteiger partial charge in [-0.1, -0.05) is 41.5 Å². The van der Waals surface area contributed by atoms with E-state index in [2.05, 4.69) is 46.9 Å². The third-order valence-electron chi connectivity index (χ3n) is 6.68. The van der Waals surface area contributed by atoms with Crippen LogP contribution in [0.25, 0.3) is 0 Å². The van der Waals surface area contributed by atoms with Crippen molar-refractivity contribution in [2.45, 2.75) is 128 Å². The molecule has 1 N–H and O–H groups in total. The van der Waals surface area contributed by atoms with Crippen molar-refractivity contribution in [1.82, 2.24) is 5.32 Å². The molecule has 9 heteroatoms. The van der Waals surface area contributed by atoms with Crippen molar-refractivity contribution in [3.63, 3.8) is 0 Å². The Labute approximate surface area is 187 Å². The maximum atomic E-state index is 12.9. The summed E-state index contributed by atoms with van der Waals surface area (Å²) in [5, 5.41) is 2.93. The molecule has 3 rings (SSSR count). The summed E-state index contributed by atoms with van der Waals surface area (Å²) in [4.78, 5) is 12.9. The molecule has 0 aromatic carbocycles. The zero-order chi connectivity index (χ0) is 23.4. The predicted molar refractivity (Wildman–Crippen MR) is 118 cm³/mol. The second kappa shape index (κ2) is 8.57. The van der Waals surface area contributed by atoms with E-state index in [1.54, 1.807) is 0 Å². The van der Waals surface area contributed by atoms with Crippen LogP contribution >= 0.6 is 0 Å². The molecule has 0 aromatic rings. The summed E-state index contributed by atoms with van der Waals surface area (Å²) in [7, 11) is -2.32. The Bertz CT molecular complexity index is 644. The van der Waals surface area contributed by atoms with Crippen molar-refractivity contribution in [2.24, 2.45) is 0 Å². The van der Waals surface area contributed by atoms with Crippen LogP contribution in [0.1, 0.15) is 69.2 Å². The van der Waals surface area contributed by atoms with Crippen LogP contribution in [0.3, 0.4) is 0 Å². The van der Waals surface area contributed by atoms with Crippen molar-refractivity contribution >= 4 is 14.4 Å². The summed E-state index contributed by atoms with van der Waals surface area (Å²) in [6.07, 6.45) is -2.51. The van der Waals surface area contributed by atoms with Crippen LogP contribution in [0, 0.1) is 0 Å². The fourth-order valence-electron chi connectivity index (χ4n) is 5.59. The van der Waals surface area contributed by atoms with E-state index in [9.17, 15) is 4.79 Å². The van der Waals surface area contributed by atoms with E-state index >= 15 is 0 Å². The summed E-state index contributed by atoms with van der Waals surface area (Å²) in [5.41, 5.74) is 0.939. The Morgan fingerprint density at radius 2 is 1.32 bits per heavy atom. The molecule has 0 unspecified atom stereocenters. The largest absolute Gasteiger partial charge is 0.503 e. The van der Waals surface area contributed by atoms with E-state index < -0.39 is 38.4 Å². The first-order valence-corrected chi connectivity index (χ1v) is 13.7. The number of nitrogens with one attached hydrogen (secondary N) is 1. The van der Waals surface area contributed by atoms with E-state index in [4.69, 9.17) is 28.1 Å². The summed E-state index contributed by atoms with van der Waals surface area (Å²) < 4.78 is 36.6. The predicted octanol–water partition coefficient (Wildman–Crippen LogP) is 4.28. The number of hydrogen-bond acceptors (Lipinski definition) is 7. The lowest BCUT2D eigenvalue weighted by Gasteiger charge is -2.41. The van der Waals surface area contributed by atoms with Gasteiger partial charge in [-0.3, -0.25) is 0 Å². The van der Waals surface area contributed by atoms with Gasteiger partial charge in [0, 0.05) is 6.54 Å². The number of amides is 1. The molecule has 0 aromatic heterocycles. The molecule has 180 valence electrons. The first kappa shape index (κ1) is 24.9. The van der Waals surface area contributed by atoms with E-state index in [0.717, 1.165) is 0 Å². The lowest BCUT2D eigenvalue weighted by molar-refractivity contribution is -0.232. The van der Waals surface area contributed by atoms with Gasteiger partial charge in [0.25, 0.3) is 8.32 Å². The van der Waals surface area contributed by atoms with E-state index in [0.29, 0.717) is 16.6 Å². The molecule has 31 heavy (non-hydrogen) atoms. The second-order valence-corrected chi connectivity index (χ2v) is 16.2. The summed E-state index contributed by atoms with van der Waals surface area (Å²) in [5.74, 6) is -1.54. The second-order valence-electron chi connectivity index (χ2n) is 10.8. The molecule has 0 radical (unpaired) electrons. The highest BCUT2D eigenvalue weighted by atomic mass is 28.4. The normalized spacial score (nSPS) is 34.2. The highest BCUT2D eigenvalue weighted by Crippen LogP contribution is 2.44. The van der Waals surface area contributed by atoms with E-state index in [-0.39, 0.29) is 24.9 Å². The van der Waals surface area contributed by atoms with Gasteiger partial charge < -0.3 is 33.4 Å². The van der Waals surface area contributed by atoms with Gasteiger partial charge >= 0.3 is 6.09 Å². The van der Waals surface area contributed by atoms with Gasteiger partial charge in [-0.05, 0) is 44.3 Å². The Morgan fingerprint density at radius 1 is 0.839 bits per heavy atom. The minimum absolute atomic E-state index is 0.241. The molecule has 3 aliphatic rings. The van der Waals surface area contributed by atoms with Crippen molar-refractivity contribution in [3.05, 3.63) is 0 Å². The molecule has 8 nitrogen and oxygen atoms in total. The highest BCUT2D eigenvalue weighted by Gasteiger charge is 2.60. The summed E-state index contributed by atoms with van der Waals surface area (Å²) in [6, 6.07) is 0. The van der Waals surface area contributed by atoms with Crippen molar-refractivity contribution < 1.29 is 32.9 Å². The van der Waals surface area contributed by atoms with Gasteiger partial charge in [-0.15, -0.1) is 0 Å². The molecule has 0 saturated carbocycles. The van der Waals surface area contributed by atoms with Crippen LogP contribution in [0.2, 0.25) is 16.6 Å². The first-order chi connectivity index (χ1) is 14.2. The number of ether oxygens (including phenoxy) is 5. The van der Waals surface area contributed by atoms with Gasteiger partial charge in [0.15, 0.2) is 17.9 Å². The molecule has 5 atom stereocenters. The van der Waals surface area contributed by atoms with E-state index in [1.807, 2.05) is 27.7 Å².